The molecule has 3 heteroatoms. The molecule has 0 spiro atoms. The summed E-state index contributed by atoms with van der Waals surface area (Å²) in [4.78, 5) is 11.5. The zero-order valence-electron chi connectivity index (χ0n) is 5.88. The monoisotopic (exact) mass is 156 g/mol. The topological polar surface area (TPSA) is 26.3 Å². The van der Waals surface area contributed by atoms with Gasteiger partial charge in [-0.05, 0) is 18.4 Å². The first-order chi connectivity index (χ1) is 4.70. The van der Waals surface area contributed by atoms with Crippen LogP contribution >= 0.6 is 11.3 Å². The third kappa shape index (κ3) is 1.57. The summed E-state index contributed by atoms with van der Waals surface area (Å²) >= 11 is 1.57. The van der Waals surface area contributed by atoms with Gasteiger partial charge in [0.05, 0.1) is 0 Å². The van der Waals surface area contributed by atoms with E-state index in [0.717, 1.165) is 4.88 Å². The van der Waals surface area contributed by atoms with Crippen molar-refractivity contribution in [1.29, 1.82) is 0 Å². The van der Waals surface area contributed by atoms with Gasteiger partial charge in [-0.25, -0.2) is 0 Å². The Morgan fingerprint density at radius 3 is 2.80 bits per heavy atom. The highest BCUT2D eigenvalue weighted by molar-refractivity contribution is 7.10. The van der Waals surface area contributed by atoms with Crippen molar-refractivity contribution in [2.24, 2.45) is 0 Å². The number of hydrogen-bond acceptors (Lipinski definition) is 3. The van der Waals surface area contributed by atoms with E-state index in [1.165, 1.54) is 6.92 Å². The van der Waals surface area contributed by atoms with Crippen molar-refractivity contribution >= 4 is 17.3 Å². The van der Waals surface area contributed by atoms with Gasteiger partial charge in [0.15, 0.2) is 0 Å². The second-order valence-corrected chi connectivity index (χ2v) is 3.05. The maximum Gasteiger partial charge on any atom is 0.308 e. The van der Waals surface area contributed by atoms with Crippen molar-refractivity contribution in [3.05, 3.63) is 16.3 Å². The van der Waals surface area contributed by atoms with Gasteiger partial charge in [0.1, 0.15) is 5.75 Å². The second kappa shape index (κ2) is 2.84. The molecule has 0 amide bonds. The first kappa shape index (κ1) is 7.28. The van der Waals surface area contributed by atoms with Crippen LogP contribution in [-0.2, 0) is 4.79 Å². The SMILES string of the molecule is CC(=O)Oc1ccsc1C. The molecule has 0 saturated carbocycles. The lowest BCUT2D eigenvalue weighted by Gasteiger charge is -1.96. The van der Waals surface area contributed by atoms with Gasteiger partial charge in [-0.2, -0.15) is 0 Å². The fourth-order valence-corrected chi connectivity index (χ4v) is 1.26. The Hall–Kier alpha value is -0.830. The van der Waals surface area contributed by atoms with Gasteiger partial charge < -0.3 is 4.74 Å². The Bertz CT molecular complexity index is 240. The maximum atomic E-state index is 10.4. The van der Waals surface area contributed by atoms with E-state index >= 15 is 0 Å². The molecule has 54 valence electrons. The van der Waals surface area contributed by atoms with Crippen molar-refractivity contribution < 1.29 is 9.53 Å². The van der Waals surface area contributed by atoms with Crippen LogP contribution in [0.4, 0.5) is 0 Å². The van der Waals surface area contributed by atoms with E-state index in [4.69, 9.17) is 4.74 Å². The Morgan fingerprint density at radius 2 is 2.40 bits per heavy atom. The van der Waals surface area contributed by atoms with Gasteiger partial charge >= 0.3 is 5.97 Å². The number of esters is 1. The van der Waals surface area contributed by atoms with E-state index in [9.17, 15) is 4.79 Å². The zero-order valence-corrected chi connectivity index (χ0v) is 6.70. The highest BCUT2D eigenvalue weighted by atomic mass is 32.1. The Labute approximate surface area is 63.4 Å². The Morgan fingerprint density at radius 1 is 1.70 bits per heavy atom. The third-order valence-corrected chi connectivity index (χ3v) is 1.89. The van der Waals surface area contributed by atoms with Crippen molar-refractivity contribution in [2.75, 3.05) is 0 Å². The molecule has 0 aliphatic heterocycles. The average molecular weight is 156 g/mol. The summed E-state index contributed by atoms with van der Waals surface area (Å²) in [5.74, 6) is 0.416. The van der Waals surface area contributed by atoms with E-state index < -0.39 is 0 Å². The molecule has 0 radical (unpaired) electrons. The van der Waals surface area contributed by atoms with Crippen molar-refractivity contribution in [3.63, 3.8) is 0 Å². The number of carbonyl (C=O) groups is 1. The van der Waals surface area contributed by atoms with Gasteiger partial charge in [0.25, 0.3) is 0 Å². The first-order valence-corrected chi connectivity index (χ1v) is 3.80. The van der Waals surface area contributed by atoms with Crippen LogP contribution in [0, 0.1) is 6.92 Å². The minimum Gasteiger partial charge on any atom is -0.426 e. The van der Waals surface area contributed by atoms with E-state index in [1.807, 2.05) is 12.3 Å². The summed E-state index contributed by atoms with van der Waals surface area (Å²) in [6.45, 7) is 3.32. The molecule has 0 atom stereocenters. The van der Waals surface area contributed by atoms with E-state index in [0.29, 0.717) is 5.75 Å². The molecule has 0 unspecified atom stereocenters. The van der Waals surface area contributed by atoms with Gasteiger partial charge in [0.2, 0.25) is 0 Å². The lowest BCUT2D eigenvalue weighted by atomic mass is 10.5. The van der Waals surface area contributed by atoms with Crippen LogP contribution in [0.15, 0.2) is 11.4 Å². The number of carbonyl (C=O) groups excluding carboxylic acids is 1. The Kier molecular flexibility index (Phi) is 2.06. The van der Waals surface area contributed by atoms with Crippen LogP contribution in [0.25, 0.3) is 0 Å². The number of hydrogen-bond donors (Lipinski definition) is 0. The molecule has 1 rings (SSSR count). The number of thiophene rings is 1. The molecule has 0 aromatic carbocycles. The second-order valence-electron chi connectivity index (χ2n) is 1.93. The van der Waals surface area contributed by atoms with Crippen LogP contribution in [-0.4, -0.2) is 5.97 Å². The van der Waals surface area contributed by atoms with Gasteiger partial charge in [-0.3, -0.25) is 4.79 Å². The molecule has 0 aliphatic rings. The molecular formula is C7H8O2S. The highest BCUT2D eigenvalue weighted by Crippen LogP contribution is 2.22. The fourth-order valence-electron chi connectivity index (χ4n) is 0.634. The van der Waals surface area contributed by atoms with Gasteiger partial charge in [-0.15, -0.1) is 11.3 Å². The largest absolute Gasteiger partial charge is 0.426 e. The molecular weight excluding hydrogens is 148 g/mol. The van der Waals surface area contributed by atoms with E-state index in [1.54, 1.807) is 17.4 Å². The van der Waals surface area contributed by atoms with E-state index in [2.05, 4.69) is 0 Å². The number of aryl methyl sites for hydroxylation is 1. The Balaban J connectivity index is 2.74. The van der Waals surface area contributed by atoms with Crippen LogP contribution in [0.1, 0.15) is 11.8 Å². The van der Waals surface area contributed by atoms with Crippen LogP contribution in [0.2, 0.25) is 0 Å². The van der Waals surface area contributed by atoms with Crippen molar-refractivity contribution in [1.82, 2.24) is 0 Å². The summed E-state index contributed by atoms with van der Waals surface area (Å²) in [6, 6.07) is 1.79. The molecule has 0 fully saturated rings. The molecule has 10 heavy (non-hydrogen) atoms. The van der Waals surface area contributed by atoms with E-state index in [-0.39, 0.29) is 5.97 Å². The molecule has 1 aromatic heterocycles. The smallest absolute Gasteiger partial charge is 0.308 e. The molecule has 0 saturated heterocycles. The first-order valence-electron chi connectivity index (χ1n) is 2.92. The standard InChI is InChI=1S/C7H8O2S/c1-5-7(3-4-10-5)9-6(2)8/h3-4H,1-2H3. The number of rotatable bonds is 1. The van der Waals surface area contributed by atoms with Crippen LogP contribution in [0.3, 0.4) is 0 Å². The van der Waals surface area contributed by atoms with Crippen molar-refractivity contribution in [3.8, 4) is 5.75 Å². The highest BCUT2D eigenvalue weighted by Gasteiger charge is 2.01. The summed E-state index contributed by atoms with van der Waals surface area (Å²) in [5.41, 5.74) is 0. The molecule has 2 nitrogen and oxygen atoms in total. The predicted octanol–water partition coefficient (Wildman–Crippen LogP) is 1.98. The molecule has 0 aliphatic carbocycles. The molecule has 1 heterocycles. The van der Waals surface area contributed by atoms with Crippen LogP contribution < -0.4 is 4.74 Å². The van der Waals surface area contributed by atoms with Crippen LogP contribution in [0.5, 0.6) is 5.75 Å². The molecule has 1 aromatic rings. The normalized spacial score (nSPS) is 9.40. The summed E-state index contributed by atoms with van der Waals surface area (Å²) in [5, 5.41) is 1.90. The number of ether oxygens (including phenoxy) is 1. The minimum absolute atomic E-state index is 0.262. The summed E-state index contributed by atoms with van der Waals surface area (Å²) < 4.78 is 4.86. The molecule has 0 N–H and O–H groups in total. The lowest BCUT2D eigenvalue weighted by molar-refractivity contribution is -0.131. The minimum atomic E-state index is -0.262. The summed E-state index contributed by atoms with van der Waals surface area (Å²) in [6.07, 6.45) is 0. The summed E-state index contributed by atoms with van der Waals surface area (Å²) in [7, 11) is 0. The predicted molar refractivity (Wildman–Crippen MR) is 40.4 cm³/mol. The quantitative estimate of drug-likeness (QED) is 0.581. The average Bonchev–Trinajstić information content (AvgIpc) is 2.15. The fraction of sp³-hybridized carbons (Fsp3) is 0.286. The van der Waals surface area contributed by atoms with Gasteiger partial charge in [0, 0.05) is 11.8 Å². The molecule has 0 bridgehead atoms. The van der Waals surface area contributed by atoms with Gasteiger partial charge in [-0.1, -0.05) is 0 Å². The third-order valence-electron chi connectivity index (χ3n) is 1.06. The van der Waals surface area contributed by atoms with Crippen molar-refractivity contribution in [2.45, 2.75) is 13.8 Å². The lowest BCUT2D eigenvalue weighted by Crippen LogP contribution is -2.00. The maximum absolute atomic E-state index is 10.4. The zero-order chi connectivity index (χ0) is 7.56.